The van der Waals surface area contributed by atoms with Crippen molar-refractivity contribution in [2.24, 2.45) is 0 Å². The summed E-state index contributed by atoms with van der Waals surface area (Å²) in [5.74, 6) is -0.880. The summed E-state index contributed by atoms with van der Waals surface area (Å²) < 4.78 is 29.8. The van der Waals surface area contributed by atoms with Crippen molar-refractivity contribution in [2.45, 2.75) is 16.0 Å². The number of non-ortho nitro benzene ring substituents is 1. The van der Waals surface area contributed by atoms with E-state index in [1.807, 2.05) is 0 Å². The number of amides is 1. The van der Waals surface area contributed by atoms with Gasteiger partial charge in [-0.25, -0.2) is 0 Å². The zero-order valence-electron chi connectivity index (χ0n) is 15.3. The average Bonchev–Trinajstić information content (AvgIpc) is 3.16. The number of rotatable bonds is 5. The number of nitrogens with zero attached hydrogens (tertiary/aromatic N) is 2. The van der Waals surface area contributed by atoms with Gasteiger partial charge in [-0.15, -0.1) is 11.3 Å². The van der Waals surface area contributed by atoms with Crippen LogP contribution in [0.3, 0.4) is 0 Å². The molecular formula is C17H16AsN3O7S2. The van der Waals surface area contributed by atoms with Crippen LogP contribution in [0, 0.1) is 10.1 Å². The molecule has 0 radical (unpaired) electrons. The van der Waals surface area contributed by atoms with Gasteiger partial charge in [0.1, 0.15) is 0 Å². The number of hydrogen-bond acceptors (Lipinski definition) is 8. The van der Waals surface area contributed by atoms with E-state index in [0.717, 1.165) is 9.10 Å². The Morgan fingerprint density at radius 1 is 1.23 bits per heavy atom. The fourth-order valence-electron chi connectivity index (χ4n) is 2.08. The van der Waals surface area contributed by atoms with Crippen LogP contribution >= 0.6 is 23.1 Å². The number of carbonyl (C=O) groups is 1. The maximum absolute atomic E-state index is 11.1. The molecule has 2 aromatic carbocycles. The average molecular weight is 513 g/mol. The largest absolute Gasteiger partial charge is 0.269 e. The van der Waals surface area contributed by atoms with Crippen molar-refractivity contribution in [3.8, 4) is 5.75 Å². The van der Waals surface area contributed by atoms with Crippen LogP contribution in [0.2, 0.25) is 0 Å². The number of anilines is 1. The fourth-order valence-corrected chi connectivity index (χ4v) is 5.21. The Bertz CT molecular complexity index is 1070. The van der Waals surface area contributed by atoms with Gasteiger partial charge in [0, 0.05) is 17.0 Å². The minimum Gasteiger partial charge on any atom is -0.258 e. The fraction of sp³-hybridized carbons (Fsp3) is 0.0588. The molecule has 0 spiro atoms. The number of phenols is 1. The molecule has 1 aromatic heterocycles. The number of nitro benzene ring substituents is 1. The second-order valence-corrected chi connectivity index (χ2v) is 11.1. The Morgan fingerprint density at radius 2 is 1.90 bits per heavy atom. The maximum atomic E-state index is 11.1. The molecule has 0 fully saturated rings. The van der Waals surface area contributed by atoms with Crippen molar-refractivity contribution < 1.29 is 26.8 Å². The molecule has 0 saturated carbocycles. The standard InChI is InChI=1S/C9H6N2O2S2.C8H10AsNO5/c12-11(13)7-1-3-8(4-2-7)15-9-5-10-6-14-9;1-5(11)10-8-6(9(13,14)15)3-2-4-7(8)12/h1-6H;2-4,12H,1H3,(H,10,11)(H2,13,14,15). The molecule has 4 N–H and O–H groups in total. The monoisotopic (exact) mass is 513 g/mol. The van der Waals surface area contributed by atoms with Crippen LogP contribution in [-0.4, -0.2) is 43.3 Å². The third-order valence-electron chi connectivity index (χ3n) is 3.31. The van der Waals surface area contributed by atoms with Crippen LogP contribution in [0.4, 0.5) is 11.4 Å². The first-order valence-electron chi connectivity index (χ1n) is 8.04. The number of nitro groups is 1. The Labute approximate surface area is 181 Å². The van der Waals surface area contributed by atoms with Gasteiger partial charge in [-0.05, 0) is 12.1 Å². The Morgan fingerprint density at radius 3 is 2.40 bits per heavy atom. The summed E-state index contributed by atoms with van der Waals surface area (Å²) in [4.78, 5) is 25.7. The summed E-state index contributed by atoms with van der Waals surface area (Å²) in [6.45, 7) is 1.18. The summed E-state index contributed by atoms with van der Waals surface area (Å²) in [7, 11) is 0. The molecule has 0 aliphatic rings. The molecule has 0 saturated heterocycles. The molecule has 1 amide bonds. The number of aromatic hydroxyl groups is 1. The van der Waals surface area contributed by atoms with Crippen molar-refractivity contribution in [1.82, 2.24) is 4.98 Å². The summed E-state index contributed by atoms with van der Waals surface area (Å²) in [6, 6.07) is 10.2. The molecule has 0 aliphatic heterocycles. The minimum absolute atomic E-state index is 0.114. The minimum atomic E-state index is -5.14. The summed E-state index contributed by atoms with van der Waals surface area (Å²) >= 11 is -2.05. The van der Waals surface area contributed by atoms with Gasteiger partial charge in [-0.1, -0.05) is 11.8 Å². The van der Waals surface area contributed by atoms with Crippen LogP contribution in [0.1, 0.15) is 6.92 Å². The molecular weight excluding hydrogens is 497 g/mol. The van der Waals surface area contributed by atoms with Crippen molar-refractivity contribution in [3.05, 3.63) is 64.3 Å². The predicted octanol–water partition coefficient (Wildman–Crippen LogP) is 2.11. The van der Waals surface area contributed by atoms with Crippen molar-refractivity contribution in [3.63, 3.8) is 0 Å². The van der Waals surface area contributed by atoms with Crippen LogP contribution in [0.25, 0.3) is 0 Å². The second-order valence-electron chi connectivity index (χ2n) is 5.57. The van der Waals surface area contributed by atoms with Gasteiger partial charge >= 0.3 is 88.1 Å². The van der Waals surface area contributed by atoms with Gasteiger partial charge in [-0.3, -0.25) is 15.1 Å². The topological polar surface area (TPSA) is 163 Å². The normalized spacial score (nSPS) is 10.6. The first kappa shape index (κ1) is 23.6. The number of benzene rings is 2. The van der Waals surface area contributed by atoms with E-state index in [9.17, 15) is 23.8 Å². The van der Waals surface area contributed by atoms with E-state index >= 15 is 0 Å². The first-order chi connectivity index (χ1) is 14.1. The van der Waals surface area contributed by atoms with E-state index in [0.29, 0.717) is 0 Å². The van der Waals surface area contributed by atoms with Crippen molar-refractivity contribution in [2.75, 3.05) is 5.32 Å². The predicted molar refractivity (Wildman–Crippen MR) is 112 cm³/mol. The van der Waals surface area contributed by atoms with Gasteiger partial charge < -0.3 is 0 Å². The van der Waals surface area contributed by atoms with E-state index in [1.54, 1.807) is 46.9 Å². The van der Waals surface area contributed by atoms with E-state index in [1.165, 1.54) is 37.3 Å². The van der Waals surface area contributed by atoms with Gasteiger partial charge in [0.25, 0.3) is 5.69 Å². The molecule has 158 valence electrons. The SMILES string of the molecule is CC(=O)Nc1c(O)cccc1[As](=O)(O)O.O=[N+]([O-])c1ccc(Sc2cncs2)cc1. The van der Waals surface area contributed by atoms with E-state index in [2.05, 4.69) is 10.3 Å². The van der Waals surface area contributed by atoms with Gasteiger partial charge in [0.15, 0.2) is 0 Å². The van der Waals surface area contributed by atoms with E-state index in [-0.39, 0.29) is 21.5 Å². The third-order valence-corrected chi connectivity index (χ3v) is 7.33. The Balaban J connectivity index is 0.000000214. The molecule has 3 aromatic rings. The number of nitrogens with one attached hydrogen (secondary N) is 1. The molecule has 13 heteroatoms. The van der Waals surface area contributed by atoms with Crippen LogP contribution in [0.5, 0.6) is 5.75 Å². The molecule has 0 atom stereocenters. The molecule has 10 nitrogen and oxygen atoms in total. The zero-order valence-corrected chi connectivity index (χ0v) is 18.8. The molecule has 0 unspecified atom stereocenters. The smallest absolute Gasteiger partial charge is 0.258 e. The van der Waals surface area contributed by atoms with Crippen LogP contribution < -0.4 is 9.67 Å². The maximum Gasteiger partial charge on any atom is 0.269 e. The van der Waals surface area contributed by atoms with E-state index in [4.69, 9.17) is 8.19 Å². The van der Waals surface area contributed by atoms with E-state index < -0.39 is 25.0 Å². The van der Waals surface area contributed by atoms with Gasteiger partial charge in [0.2, 0.25) is 0 Å². The number of carbonyl (C=O) groups excluding carboxylic acids is 1. The van der Waals surface area contributed by atoms with Gasteiger partial charge in [0.05, 0.1) is 20.8 Å². The number of hydrogen-bond donors (Lipinski definition) is 4. The molecule has 0 bridgehead atoms. The Kier molecular flexibility index (Phi) is 8.21. The number of phenolic OH excluding ortho intramolecular Hbond substituents is 1. The Hall–Kier alpha value is -2.63. The van der Waals surface area contributed by atoms with Crippen LogP contribution in [-0.2, 0) is 8.53 Å². The van der Waals surface area contributed by atoms with Gasteiger partial charge in [-0.2, -0.15) is 0 Å². The molecule has 30 heavy (non-hydrogen) atoms. The molecule has 3 rings (SSSR count). The molecule has 0 aliphatic carbocycles. The summed E-state index contributed by atoms with van der Waals surface area (Å²) in [5, 5.41) is 22.0. The quantitative estimate of drug-likeness (QED) is 0.173. The summed E-state index contributed by atoms with van der Waals surface area (Å²) in [6.07, 6.45) is 1.77. The summed E-state index contributed by atoms with van der Waals surface area (Å²) in [5.41, 5.74) is 1.65. The zero-order chi connectivity index (χ0) is 22.3. The number of thiazole rings is 1. The molecule has 1 heterocycles. The second kappa shape index (κ2) is 10.4. The number of para-hydroxylation sites is 1. The van der Waals surface area contributed by atoms with Crippen LogP contribution in [0.15, 0.2) is 63.3 Å². The third kappa shape index (κ3) is 7.01. The number of aromatic nitrogens is 1. The van der Waals surface area contributed by atoms with Crippen molar-refractivity contribution >= 4 is 58.9 Å². The van der Waals surface area contributed by atoms with Crippen molar-refractivity contribution in [1.29, 1.82) is 0 Å². The first-order valence-corrected chi connectivity index (χ1v) is 13.1.